The van der Waals surface area contributed by atoms with Crippen molar-refractivity contribution in [1.29, 1.82) is 0 Å². The number of hydrogen-bond acceptors (Lipinski definition) is 4. The van der Waals surface area contributed by atoms with Crippen molar-refractivity contribution >= 4 is 17.5 Å². The Labute approximate surface area is 151 Å². The molecule has 1 aliphatic rings. The molecule has 0 radical (unpaired) electrons. The smallest absolute Gasteiger partial charge is 0.227 e. The normalized spacial score (nSPS) is 15.8. The van der Waals surface area contributed by atoms with Gasteiger partial charge in [-0.25, -0.2) is 4.98 Å². The van der Waals surface area contributed by atoms with Crippen molar-refractivity contribution in [2.24, 2.45) is 0 Å². The van der Waals surface area contributed by atoms with Gasteiger partial charge in [-0.3, -0.25) is 0 Å². The molecular weight excluding hydrogens is 308 g/mol. The minimum Gasteiger partial charge on any atom is -0.341 e. The number of nitrogens with zero attached hydrogens (tertiary/aromatic N) is 3. The van der Waals surface area contributed by atoms with Gasteiger partial charge in [0.05, 0.1) is 0 Å². The van der Waals surface area contributed by atoms with Crippen molar-refractivity contribution in [3.63, 3.8) is 0 Å². The lowest BCUT2D eigenvalue weighted by Gasteiger charge is -2.21. The number of nitrogens with one attached hydrogen (secondary N) is 1. The van der Waals surface area contributed by atoms with Crippen LogP contribution in [0, 0.1) is 6.92 Å². The summed E-state index contributed by atoms with van der Waals surface area (Å²) in [4.78, 5) is 11.8. The van der Waals surface area contributed by atoms with Crippen LogP contribution in [0.3, 0.4) is 0 Å². The van der Waals surface area contributed by atoms with E-state index in [1.54, 1.807) is 0 Å². The van der Waals surface area contributed by atoms with Crippen LogP contribution in [0.15, 0.2) is 30.3 Å². The molecule has 1 aromatic carbocycles. The first kappa shape index (κ1) is 17.7. The van der Waals surface area contributed by atoms with E-state index in [1.165, 1.54) is 31.2 Å². The van der Waals surface area contributed by atoms with Gasteiger partial charge in [0.1, 0.15) is 5.82 Å². The van der Waals surface area contributed by atoms with Gasteiger partial charge >= 0.3 is 0 Å². The summed E-state index contributed by atoms with van der Waals surface area (Å²) in [5.74, 6) is 1.73. The Morgan fingerprint density at radius 2 is 1.56 bits per heavy atom. The quantitative estimate of drug-likeness (QED) is 0.834. The molecule has 1 fully saturated rings. The van der Waals surface area contributed by atoms with Crippen LogP contribution in [0.1, 0.15) is 57.7 Å². The monoisotopic (exact) mass is 338 g/mol. The van der Waals surface area contributed by atoms with Gasteiger partial charge in [-0.05, 0) is 42.9 Å². The number of benzene rings is 1. The fourth-order valence-electron chi connectivity index (χ4n) is 3.23. The van der Waals surface area contributed by atoms with Gasteiger partial charge in [0, 0.05) is 30.5 Å². The molecule has 25 heavy (non-hydrogen) atoms. The highest BCUT2D eigenvalue weighted by Crippen LogP contribution is 2.25. The molecule has 4 heteroatoms. The molecule has 3 rings (SSSR count). The molecule has 1 aliphatic heterocycles. The minimum absolute atomic E-state index is 0.171. The average molecular weight is 338 g/mol. The first-order valence-electron chi connectivity index (χ1n) is 9.40. The van der Waals surface area contributed by atoms with Crippen LogP contribution in [0.25, 0.3) is 0 Å². The molecule has 0 spiro atoms. The highest BCUT2D eigenvalue weighted by molar-refractivity contribution is 5.58. The molecule has 1 saturated heterocycles. The molecule has 0 unspecified atom stereocenters. The van der Waals surface area contributed by atoms with Gasteiger partial charge in [-0.15, -0.1) is 0 Å². The predicted octanol–water partition coefficient (Wildman–Crippen LogP) is 5.21. The first-order valence-corrected chi connectivity index (χ1v) is 9.40. The Hall–Kier alpha value is -2.10. The average Bonchev–Trinajstić information content (AvgIpc) is 2.83. The number of aryl methyl sites for hydroxylation is 1. The molecule has 1 N–H and O–H groups in total. The van der Waals surface area contributed by atoms with E-state index in [4.69, 9.17) is 4.98 Å². The number of aromatic nitrogens is 2. The maximum absolute atomic E-state index is 4.77. The van der Waals surface area contributed by atoms with Gasteiger partial charge in [0.25, 0.3) is 0 Å². The summed E-state index contributed by atoms with van der Waals surface area (Å²) in [7, 11) is 0. The van der Waals surface area contributed by atoms with Gasteiger partial charge < -0.3 is 10.2 Å². The standard InChI is InChI=1S/C21H30N4/c1-16-15-19(23-18-11-9-17(10-12-18)21(2,3)4)24-20(22-16)25-13-7-5-6-8-14-25/h9-12,15H,5-8,13-14H2,1-4H3,(H,22,23,24). The molecule has 0 aliphatic carbocycles. The second-order valence-electron chi connectivity index (χ2n) is 8.05. The lowest BCUT2D eigenvalue weighted by molar-refractivity contribution is 0.590. The highest BCUT2D eigenvalue weighted by Gasteiger charge is 2.15. The van der Waals surface area contributed by atoms with E-state index in [0.717, 1.165) is 36.2 Å². The van der Waals surface area contributed by atoms with E-state index < -0.39 is 0 Å². The van der Waals surface area contributed by atoms with Crippen LogP contribution in [-0.4, -0.2) is 23.1 Å². The topological polar surface area (TPSA) is 41.1 Å². The summed E-state index contributed by atoms with van der Waals surface area (Å²) in [6.07, 6.45) is 5.09. The van der Waals surface area contributed by atoms with Crippen LogP contribution >= 0.6 is 0 Å². The number of rotatable bonds is 3. The van der Waals surface area contributed by atoms with Crippen molar-refractivity contribution in [3.05, 3.63) is 41.6 Å². The summed E-state index contributed by atoms with van der Waals surface area (Å²) in [6.45, 7) is 10.9. The van der Waals surface area contributed by atoms with Gasteiger partial charge in [0.2, 0.25) is 5.95 Å². The minimum atomic E-state index is 0.171. The molecule has 4 nitrogen and oxygen atoms in total. The van der Waals surface area contributed by atoms with Gasteiger partial charge in [-0.2, -0.15) is 4.98 Å². The van der Waals surface area contributed by atoms with E-state index >= 15 is 0 Å². The third-order valence-electron chi connectivity index (χ3n) is 4.75. The fourth-order valence-corrected chi connectivity index (χ4v) is 3.23. The van der Waals surface area contributed by atoms with Crippen LogP contribution in [0.5, 0.6) is 0 Å². The first-order chi connectivity index (χ1) is 11.9. The molecule has 1 aromatic heterocycles. The van der Waals surface area contributed by atoms with Crippen molar-refractivity contribution < 1.29 is 0 Å². The van der Waals surface area contributed by atoms with Crippen LogP contribution in [0.4, 0.5) is 17.5 Å². The maximum Gasteiger partial charge on any atom is 0.227 e. The SMILES string of the molecule is Cc1cc(Nc2ccc(C(C)(C)C)cc2)nc(N2CCCCCC2)n1. The molecular formula is C21H30N4. The van der Waals surface area contributed by atoms with Crippen molar-refractivity contribution in [1.82, 2.24) is 9.97 Å². The predicted molar refractivity (Wildman–Crippen MR) is 106 cm³/mol. The number of anilines is 3. The highest BCUT2D eigenvalue weighted by atomic mass is 15.3. The zero-order chi connectivity index (χ0) is 17.9. The fraction of sp³-hybridized carbons (Fsp3) is 0.524. The van der Waals surface area contributed by atoms with E-state index in [9.17, 15) is 0 Å². The summed E-state index contributed by atoms with van der Waals surface area (Å²) >= 11 is 0. The second-order valence-corrected chi connectivity index (χ2v) is 8.05. The zero-order valence-corrected chi connectivity index (χ0v) is 16.0. The van der Waals surface area contributed by atoms with Crippen molar-refractivity contribution in [3.8, 4) is 0 Å². The lowest BCUT2D eigenvalue weighted by Crippen LogP contribution is -2.26. The Kier molecular flexibility index (Phi) is 5.26. The van der Waals surface area contributed by atoms with E-state index in [2.05, 4.69) is 60.2 Å². The Bertz CT molecular complexity index is 693. The molecule has 0 amide bonds. The second kappa shape index (κ2) is 7.42. The van der Waals surface area contributed by atoms with Crippen molar-refractivity contribution in [2.75, 3.05) is 23.3 Å². The van der Waals surface area contributed by atoms with Crippen LogP contribution in [0.2, 0.25) is 0 Å². The van der Waals surface area contributed by atoms with Gasteiger partial charge in [0.15, 0.2) is 0 Å². The Morgan fingerprint density at radius 1 is 0.920 bits per heavy atom. The Balaban J connectivity index is 1.78. The van der Waals surface area contributed by atoms with E-state index in [1.807, 2.05) is 13.0 Å². The van der Waals surface area contributed by atoms with Gasteiger partial charge in [-0.1, -0.05) is 45.7 Å². The molecule has 2 aromatic rings. The van der Waals surface area contributed by atoms with E-state index in [0.29, 0.717) is 0 Å². The third-order valence-corrected chi connectivity index (χ3v) is 4.75. The molecule has 2 heterocycles. The van der Waals surface area contributed by atoms with Crippen LogP contribution < -0.4 is 10.2 Å². The third kappa shape index (κ3) is 4.71. The maximum atomic E-state index is 4.77. The molecule has 0 bridgehead atoms. The Morgan fingerprint density at radius 3 is 2.16 bits per heavy atom. The largest absolute Gasteiger partial charge is 0.341 e. The van der Waals surface area contributed by atoms with Crippen molar-refractivity contribution in [2.45, 2.75) is 58.8 Å². The van der Waals surface area contributed by atoms with Crippen LogP contribution in [-0.2, 0) is 5.41 Å². The summed E-state index contributed by atoms with van der Waals surface area (Å²) in [6, 6.07) is 10.6. The molecule has 0 saturated carbocycles. The summed E-state index contributed by atoms with van der Waals surface area (Å²) in [5.41, 5.74) is 3.57. The zero-order valence-electron chi connectivity index (χ0n) is 16.0. The molecule has 134 valence electrons. The summed E-state index contributed by atoms with van der Waals surface area (Å²) < 4.78 is 0. The number of hydrogen-bond donors (Lipinski definition) is 1. The summed E-state index contributed by atoms with van der Waals surface area (Å²) in [5, 5.41) is 3.44. The van der Waals surface area contributed by atoms with E-state index in [-0.39, 0.29) is 5.41 Å². The molecule has 0 atom stereocenters. The lowest BCUT2D eigenvalue weighted by atomic mass is 9.87.